The molecule has 0 bridgehead atoms. The van der Waals surface area contributed by atoms with Crippen molar-refractivity contribution in [3.63, 3.8) is 0 Å². The van der Waals surface area contributed by atoms with Gasteiger partial charge in [-0.1, -0.05) is 31.9 Å². The Morgan fingerprint density at radius 1 is 1.16 bits per heavy atom. The van der Waals surface area contributed by atoms with Gasteiger partial charge in [0.05, 0.1) is 5.57 Å². The Bertz CT molecular complexity index is 690. The Hall–Kier alpha value is -1.46. The lowest BCUT2D eigenvalue weighted by molar-refractivity contribution is -0.110. The fraction of sp³-hybridized carbons (Fsp3) is 0. The van der Waals surface area contributed by atoms with Gasteiger partial charge in [0.15, 0.2) is 0 Å². The maximum absolute atomic E-state index is 12.0. The molecule has 19 heavy (non-hydrogen) atoms. The summed E-state index contributed by atoms with van der Waals surface area (Å²) in [7, 11) is 0. The van der Waals surface area contributed by atoms with Gasteiger partial charge in [0.25, 0.3) is 5.91 Å². The number of benzene rings is 1. The summed E-state index contributed by atoms with van der Waals surface area (Å²) in [5.41, 5.74) is 2.42. The van der Waals surface area contributed by atoms with Crippen LogP contribution in [0.2, 0.25) is 0 Å². The first-order chi connectivity index (χ1) is 9.13. The molecule has 1 amide bonds. The zero-order valence-electron chi connectivity index (χ0n) is 9.65. The van der Waals surface area contributed by atoms with Gasteiger partial charge in [0.1, 0.15) is 5.82 Å². The number of hydrogen-bond acceptors (Lipinski definition) is 2. The van der Waals surface area contributed by atoms with Crippen LogP contribution in [0.15, 0.2) is 45.5 Å². The van der Waals surface area contributed by atoms with Gasteiger partial charge in [-0.15, -0.1) is 0 Å². The van der Waals surface area contributed by atoms with Crippen LogP contribution in [-0.4, -0.2) is 10.9 Å². The number of pyridine rings is 1. The number of rotatable bonds is 1. The predicted molar refractivity (Wildman–Crippen MR) is 82.6 cm³/mol. The molecule has 94 valence electrons. The van der Waals surface area contributed by atoms with Gasteiger partial charge in [0, 0.05) is 20.7 Å². The number of fused-ring (bicyclic) bond motifs is 1. The number of nitrogens with zero attached hydrogens (tertiary/aromatic N) is 1. The zero-order valence-corrected chi connectivity index (χ0v) is 12.8. The fourth-order valence-electron chi connectivity index (χ4n) is 1.99. The van der Waals surface area contributed by atoms with Crippen molar-refractivity contribution < 1.29 is 4.79 Å². The van der Waals surface area contributed by atoms with Gasteiger partial charge in [-0.05, 0) is 42.0 Å². The van der Waals surface area contributed by atoms with Crippen LogP contribution in [0.4, 0.5) is 5.82 Å². The van der Waals surface area contributed by atoms with Crippen LogP contribution in [0, 0.1) is 0 Å². The minimum absolute atomic E-state index is 0.121. The Kier molecular flexibility index (Phi) is 3.24. The third-order valence-electron chi connectivity index (χ3n) is 2.77. The molecular weight excluding hydrogens is 372 g/mol. The van der Waals surface area contributed by atoms with Crippen LogP contribution in [0.25, 0.3) is 11.6 Å². The summed E-state index contributed by atoms with van der Waals surface area (Å²) in [6, 6.07) is 9.58. The Morgan fingerprint density at radius 2 is 1.89 bits per heavy atom. The smallest absolute Gasteiger partial charge is 0.257 e. The molecule has 0 atom stereocenters. The van der Waals surface area contributed by atoms with Gasteiger partial charge in [0.2, 0.25) is 0 Å². The summed E-state index contributed by atoms with van der Waals surface area (Å²) in [5, 5.41) is 2.76. The zero-order chi connectivity index (χ0) is 13.4. The van der Waals surface area contributed by atoms with E-state index in [1.807, 2.05) is 36.4 Å². The third-order valence-corrected chi connectivity index (χ3v) is 3.69. The number of carbonyl (C=O) groups excluding carboxylic acids is 1. The minimum atomic E-state index is -0.121. The summed E-state index contributed by atoms with van der Waals surface area (Å²) in [6.45, 7) is 0. The van der Waals surface area contributed by atoms with Crippen LogP contribution in [0.3, 0.4) is 0 Å². The normalized spacial score (nSPS) is 15.5. The van der Waals surface area contributed by atoms with E-state index in [2.05, 4.69) is 42.2 Å². The van der Waals surface area contributed by atoms with E-state index in [-0.39, 0.29) is 5.91 Å². The molecule has 0 spiro atoms. The SMILES string of the molecule is O=C1Nc2ncccc2/C1=C\c1cc(Br)cc(Br)c1. The van der Waals surface area contributed by atoms with Gasteiger partial charge >= 0.3 is 0 Å². The highest BCUT2D eigenvalue weighted by atomic mass is 79.9. The van der Waals surface area contributed by atoms with Crippen LogP contribution in [0.5, 0.6) is 0 Å². The molecule has 0 saturated carbocycles. The van der Waals surface area contributed by atoms with Gasteiger partial charge in [-0.2, -0.15) is 0 Å². The van der Waals surface area contributed by atoms with E-state index in [0.29, 0.717) is 11.4 Å². The van der Waals surface area contributed by atoms with Crippen molar-refractivity contribution in [1.29, 1.82) is 0 Å². The van der Waals surface area contributed by atoms with Crippen LogP contribution in [-0.2, 0) is 4.79 Å². The van der Waals surface area contributed by atoms with Crippen LogP contribution in [0.1, 0.15) is 11.1 Å². The van der Waals surface area contributed by atoms with Crippen molar-refractivity contribution in [2.75, 3.05) is 5.32 Å². The second-order valence-corrected chi connectivity index (χ2v) is 5.95. The highest BCUT2D eigenvalue weighted by Crippen LogP contribution is 2.32. The highest BCUT2D eigenvalue weighted by molar-refractivity contribution is 9.11. The van der Waals surface area contributed by atoms with Gasteiger partial charge in [-0.3, -0.25) is 4.79 Å². The van der Waals surface area contributed by atoms with E-state index < -0.39 is 0 Å². The molecule has 1 aliphatic heterocycles. The first-order valence-electron chi connectivity index (χ1n) is 5.58. The number of carbonyl (C=O) groups is 1. The molecule has 2 heterocycles. The largest absolute Gasteiger partial charge is 0.306 e. The van der Waals surface area contributed by atoms with Crippen LogP contribution < -0.4 is 5.32 Å². The maximum Gasteiger partial charge on any atom is 0.257 e. The quantitative estimate of drug-likeness (QED) is 0.758. The fourth-order valence-corrected chi connectivity index (χ4v) is 3.32. The lowest BCUT2D eigenvalue weighted by Crippen LogP contribution is -2.04. The number of amides is 1. The van der Waals surface area contributed by atoms with E-state index in [1.54, 1.807) is 6.20 Å². The number of nitrogens with one attached hydrogen (secondary N) is 1. The molecular formula is C14H8Br2N2O. The van der Waals surface area contributed by atoms with E-state index in [4.69, 9.17) is 0 Å². The summed E-state index contributed by atoms with van der Waals surface area (Å²) < 4.78 is 1.91. The molecule has 0 fully saturated rings. The molecule has 2 aromatic rings. The van der Waals surface area contributed by atoms with Gasteiger partial charge in [-0.25, -0.2) is 4.98 Å². The number of anilines is 1. The second-order valence-electron chi connectivity index (χ2n) is 4.11. The highest BCUT2D eigenvalue weighted by Gasteiger charge is 2.24. The molecule has 1 N–H and O–H groups in total. The standard InChI is InChI=1S/C14H8Br2N2O/c15-9-4-8(5-10(16)7-9)6-12-11-2-1-3-17-13(11)18-14(12)19/h1-7H,(H,17,18,19)/b12-6+. The van der Waals surface area contributed by atoms with E-state index >= 15 is 0 Å². The molecule has 3 nitrogen and oxygen atoms in total. The Balaban J connectivity index is 2.11. The number of halogens is 2. The molecule has 1 aromatic heterocycles. The molecule has 3 rings (SSSR count). The average Bonchev–Trinajstić information content (AvgIpc) is 2.65. The van der Waals surface area contributed by atoms with E-state index in [0.717, 1.165) is 20.1 Å². The second kappa shape index (κ2) is 4.90. The lowest BCUT2D eigenvalue weighted by atomic mass is 10.1. The van der Waals surface area contributed by atoms with Crippen molar-refractivity contribution in [2.45, 2.75) is 0 Å². The lowest BCUT2D eigenvalue weighted by Gasteiger charge is -2.00. The summed E-state index contributed by atoms with van der Waals surface area (Å²) in [4.78, 5) is 16.1. The maximum atomic E-state index is 12.0. The third kappa shape index (κ3) is 2.48. The summed E-state index contributed by atoms with van der Waals surface area (Å²) in [5.74, 6) is 0.498. The van der Waals surface area contributed by atoms with Crippen molar-refractivity contribution >= 4 is 55.2 Å². The van der Waals surface area contributed by atoms with Crippen molar-refractivity contribution in [3.05, 3.63) is 56.6 Å². The first-order valence-corrected chi connectivity index (χ1v) is 7.16. The topological polar surface area (TPSA) is 42.0 Å². The van der Waals surface area contributed by atoms with Crippen LogP contribution >= 0.6 is 31.9 Å². The number of aromatic nitrogens is 1. The molecule has 0 aliphatic carbocycles. The summed E-state index contributed by atoms with van der Waals surface area (Å²) in [6.07, 6.45) is 3.52. The Morgan fingerprint density at radius 3 is 2.63 bits per heavy atom. The number of hydrogen-bond donors (Lipinski definition) is 1. The molecule has 5 heteroatoms. The van der Waals surface area contributed by atoms with Crippen molar-refractivity contribution in [1.82, 2.24) is 4.98 Å². The van der Waals surface area contributed by atoms with Gasteiger partial charge < -0.3 is 5.32 Å². The molecule has 0 saturated heterocycles. The van der Waals surface area contributed by atoms with Crippen molar-refractivity contribution in [3.8, 4) is 0 Å². The Labute approximate surface area is 127 Å². The molecule has 1 aromatic carbocycles. The molecule has 1 aliphatic rings. The first kappa shape index (κ1) is 12.6. The average molecular weight is 380 g/mol. The van der Waals surface area contributed by atoms with Crippen molar-refractivity contribution in [2.24, 2.45) is 0 Å². The van der Waals surface area contributed by atoms with E-state index in [1.165, 1.54) is 0 Å². The molecule has 0 radical (unpaired) electrons. The van der Waals surface area contributed by atoms with E-state index in [9.17, 15) is 4.79 Å². The summed E-state index contributed by atoms with van der Waals surface area (Å²) >= 11 is 6.87. The monoisotopic (exact) mass is 378 g/mol. The predicted octanol–water partition coefficient (Wildman–Crippen LogP) is 4.10. The minimum Gasteiger partial charge on any atom is -0.306 e. The molecule has 0 unspecified atom stereocenters.